The van der Waals surface area contributed by atoms with Crippen LogP contribution in [0.4, 0.5) is 17.3 Å². The molecule has 6 nitrogen and oxygen atoms in total. The van der Waals surface area contributed by atoms with Crippen LogP contribution in [-0.4, -0.2) is 19.9 Å². The molecule has 0 aliphatic rings. The molecule has 4 heterocycles. The number of hydrogen-bond acceptors (Lipinski definition) is 7. The molecule has 4 aromatic heterocycles. The molecule has 2 N–H and O–H groups in total. The third-order valence-corrected chi connectivity index (χ3v) is 4.45. The van der Waals surface area contributed by atoms with Crippen LogP contribution in [0.25, 0.3) is 10.7 Å². The van der Waals surface area contributed by atoms with Crippen molar-refractivity contribution in [3.63, 3.8) is 0 Å². The van der Waals surface area contributed by atoms with E-state index in [9.17, 15) is 0 Å². The molecule has 4 rings (SSSR count). The number of nitrogens with one attached hydrogen (secondary N) is 2. The van der Waals surface area contributed by atoms with Gasteiger partial charge in [0, 0.05) is 42.4 Å². The van der Waals surface area contributed by atoms with Crippen LogP contribution in [0.5, 0.6) is 0 Å². The van der Waals surface area contributed by atoms with Crippen LogP contribution in [0.3, 0.4) is 0 Å². The van der Waals surface area contributed by atoms with Gasteiger partial charge < -0.3 is 10.6 Å². The van der Waals surface area contributed by atoms with E-state index in [0.717, 1.165) is 33.6 Å². The predicted molar refractivity (Wildman–Crippen MR) is 104 cm³/mol. The maximum absolute atomic E-state index is 4.59. The molecule has 0 atom stereocenters. The molecule has 0 fully saturated rings. The molecule has 0 spiro atoms. The summed E-state index contributed by atoms with van der Waals surface area (Å²) in [5, 5.41) is 9.41. The summed E-state index contributed by atoms with van der Waals surface area (Å²) in [5.41, 5.74) is 2.98. The fourth-order valence-corrected chi connectivity index (χ4v) is 2.99. The minimum Gasteiger partial charge on any atom is -0.381 e. The number of anilines is 3. The number of hydrogen-bond donors (Lipinski definition) is 2. The Balaban J connectivity index is 1.40. The summed E-state index contributed by atoms with van der Waals surface area (Å²) in [7, 11) is 0. The van der Waals surface area contributed by atoms with Crippen molar-refractivity contribution in [2.75, 3.05) is 10.6 Å². The summed E-state index contributed by atoms with van der Waals surface area (Å²) in [4.78, 5) is 17.3. The van der Waals surface area contributed by atoms with Gasteiger partial charge in [0.15, 0.2) is 0 Å². The van der Waals surface area contributed by atoms with Gasteiger partial charge in [-0.3, -0.25) is 4.98 Å². The summed E-state index contributed by atoms with van der Waals surface area (Å²) in [5.74, 6) is 1.49. The molecular weight excluding hydrogens is 344 g/mol. The highest BCUT2D eigenvalue weighted by Crippen LogP contribution is 2.22. The van der Waals surface area contributed by atoms with Gasteiger partial charge >= 0.3 is 0 Å². The molecule has 0 saturated heterocycles. The summed E-state index contributed by atoms with van der Waals surface area (Å²) < 4.78 is 0. The molecule has 4 aromatic rings. The Morgan fingerprint density at radius 2 is 1.81 bits per heavy atom. The zero-order valence-corrected chi connectivity index (χ0v) is 14.6. The average molecular weight is 360 g/mol. The SMILES string of the molecule is c1cc(Nc2ccc(CNc3ccncc3)cn2)nc(-c2nccs2)c1. The summed E-state index contributed by atoms with van der Waals surface area (Å²) in [6.45, 7) is 0.703. The summed E-state index contributed by atoms with van der Waals surface area (Å²) >= 11 is 1.57. The molecule has 7 heteroatoms. The van der Waals surface area contributed by atoms with E-state index in [4.69, 9.17) is 0 Å². The molecule has 0 aliphatic heterocycles. The molecule has 26 heavy (non-hydrogen) atoms. The molecule has 0 aromatic carbocycles. The Kier molecular flexibility index (Phi) is 4.79. The standard InChI is InChI=1S/C19H16N6S/c1-2-16(19-21-10-11-26-19)24-18(3-1)25-17-5-4-14(13-23-17)12-22-15-6-8-20-9-7-15/h1-11,13H,12H2,(H,20,22)(H,23,24,25). The van der Waals surface area contributed by atoms with Crippen molar-refractivity contribution < 1.29 is 0 Å². The zero-order valence-electron chi connectivity index (χ0n) is 13.8. The lowest BCUT2D eigenvalue weighted by Crippen LogP contribution is -2.01. The average Bonchev–Trinajstić information content (AvgIpc) is 3.23. The Labute approximate surface area is 155 Å². The topological polar surface area (TPSA) is 75.6 Å². The monoisotopic (exact) mass is 360 g/mol. The van der Waals surface area contributed by atoms with Gasteiger partial charge in [-0.2, -0.15) is 0 Å². The van der Waals surface area contributed by atoms with Crippen LogP contribution in [0.1, 0.15) is 5.56 Å². The highest BCUT2D eigenvalue weighted by atomic mass is 32.1. The van der Waals surface area contributed by atoms with Crippen LogP contribution in [0.15, 0.2) is 72.6 Å². The minimum absolute atomic E-state index is 0.703. The zero-order chi connectivity index (χ0) is 17.6. The van der Waals surface area contributed by atoms with Crippen LogP contribution < -0.4 is 10.6 Å². The van der Waals surface area contributed by atoms with Crippen LogP contribution >= 0.6 is 11.3 Å². The van der Waals surface area contributed by atoms with Crippen LogP contribution in [-0.2, 0) is 6.54 Å². The first-order valence-electron chi connectivity index (χ1n) is 8.09. The van der Waals surface area contributed by atoms with Gasteiger partial charge in [-0.25, -0.2) is 15.0 Å². The maximum atomic E-state index is 4.59. The lowest BCUT2D eigenvalue weighted by Gasteiger charge is -2.08. The van der Waals surface area contributed by atoms with E-state index >= 15 is 0 Å². The van der Waals surface area contributed by atoms with Crippen molar-refractivity contribution in [3.05, 3.63) is 78.2 Å². The molecule has 0 amide bonds. The van der Waals surface area contributed by atoms with Gasteiger partial charge in [-0.1, -0.05) is 12.1 Å². The van der Waals surface area contributed by atoms with Gasteiger partial charge in [0.2, 0.25) is 0 Å². The lowest BCUT2D eigenvalue weighted by molar-refractivity contribution is 1.11. The molecular formula is C19H16N6S. The highest BCUT2D eigenvalue weighted by molar-refractivity contribution is 7.13. The minimum atomic E-state index is 0.703. The third kappa shape index (κ3) is 4.01. The van der Waals surface area contributed by atoms with E-state index in [2.05, 4.69) is 30.6 Å². The predicted octanol–water partition coefficient (Wildman–Crippen LogP) is 4.35. The Morgan fingerprint density at radius 1 is 0.885 bits per heavy atom. The first-order chi connectivity index (χ1) is 12.9. The van der Waals surface area contributed by atoms with Crippen LogP contribution in [0, 0.1) is 0 Å². The Morgan fingerprint density at radius 3 is 2.58 bits per heavy atom. The number of rotatable bonds is 6. The van der Waals surface area contributed by atoms with E-state index in [0.29, 0.717) is 6.54 Å². The molecule has 0 bridgehead atoms. The lowest BCUT2D eigenvalue weighted by atomic mass is 10.2. The largest absolute Gasteiger partial charge is 0.381 e. The normalized spacial score (nSPS) is 10.5. The number of nitrogens with zero attached hydrogens (tertiary/aromatic N) is 4. The number of pyridine rings is 3. The van der Waals surface area contributed by atoms with Crippen molar-refractivity contribution >= 4 is 28.7 Å². The Bertz CT molecular complexity index is 955. The number of thiazole rings is 1. The van der Waals surface area contributed by atoms with Gasteiger partial charge in [-0.05, 0) is 35.9 Å². The van der Waals surface area contributed by atoms with Crippen molar-refractivity contribution in [1.82, 2.24) is 19.9 Å². The fourth-order valence-electron chi connectivity index (χ4n) is 2.38. The fraction of sp³-hybridized carbons (Fsp3) is 0.0526. The molecule has 128 valence electrons. The second-order valence-electron chi connectivity index (χ2n) is 5.51. The smallest absolute Gasteiger partial charge is 0.141 e. The van der Waals surface area contributed by atoms with Gasteiger partial charge in [-0.15, -0.1) is 11.3 Å². The highest BCUT2D eigenvalue weighted by Gasteiger charge is 2.04. The van der Waals surface area contributed by atoms with Crippen LogP contribution in [0.2, 0.25) is 0 Å². The van der Waals surface area contributed by atoms with E-state index in [-0.39, 0.29) is 0 Å². The van der Waals surface area contributed by atoms with E-state index in [1.807, 2.05) is 54.0 Å². The van der Waals surface area contributed by atoms with Crippen molar-refractivity contribution in [2.24, 2.45) is 0 Å². The summed E-state index contributed by atoms with van der Waals surface area (Å²) in [6, 6.07) is 13.7. The third-order valence-electron chi connectivity index (χ3n) is 3.66. The number of aromatic nitrogens is 4. The second-order valence-corrected chi connectivity index (χ2v) is 6.41. The summed E-state index contributed by atoms with van der Waals surface area (Å²) in [6.07, 6.45) is 7.16. The molecule has 0 radical (unpaired) electrons. The Hall–Kier alpha value is -3.32. The van der Waals surface area contributed by atoms with Crippen molar-refractivity contribution in [3.8, 4) is 10.7 Å². The molecule has 0 aliphatic carbocycles. The van der Waals surface area contributed by atoms with Crippen molar-refractivity contribution in [1.29, 1.82) is 0 Å². The van der Waals surface area contributed by atoms with Gasteiger partial charge in [0.25, 0.3) is 0 Å². The van der Waals surface area contributed by atoms with E-state index < -0.39 is 0 Å². The van der Waals surface area contributed by atoms with Gasteiger partial charge in [0.1, 0.15) is 22.3 Å². The maximum Gasteiger partial charge on any atom is 0.141 e. The van der Waals surface area contributed by atoms with E-state index in [1.54, 1.807) is 29.9 Å². The van der Waals surface area contributed by atoms with Gasteiger partial charge in [0.05, 0.1) is 0 Å². The van der Waals surface area contributed by atoms with E-state index in [1.165, 1.54) is 0 Å². The second kappa shape index (κ2) is 7.71. The first-order valence-corrected chi connectivity index (χ1v) is 8.97. The molecule has 0 unspecified atom stereocenters. The quantitative estimate of drug-likeness (QED) is 0.532. The van der Waals surface area contributed by atoms with Crippen molar-refractivity contribution in [2.45, 2.75) is 6.54 Å². The molecule has 0 saturated carbocycles. The first kappa shape index (κ1) is 16.2.